The molecule has 1 unspecified atom stereocenters. The van der Waals surface area contributed by atoms with Crippen molar-refractivity contribution < 1.29 is 9.84 Å². The molecule has 84 valence electrons. The van der Waals surface area contributed by atoms with Crippen LogP contribution in [0.5, 0.6) is 0 Å². The van der Waals surface area contributed by atoms with Crippen LogP contribution in [0.1, 0.15) is 26.2 Å². The molecule has 1 saturated heterocycles. The van der Waals surface area contributed by atoms with Crippen LogP contribution >= 0.6 is 0 Å². The van der Waals surface area contributed by atoms with Crippen LogP contribution in [-0.4, -0.2) is 49.5 Å². The van der Waals surface area contributed by atoms with Crippen LogP contribution in [0.25, 0.3) is 0 Å². The minimum atomic E-state index is 0.345. The van der Waals surface area contributed by atoms with Gasteiger partial charge in [0.25, 0.3) is 0 Å². The normalized spacial score (nSPS) is 23.1. The molecule has 0 saturated carbocycles. The fraction of sp³-hybridized carbons (Fsp3) is 1.00. The molecule has 0 bridgehead atoms. The molecule has 14 heavy (non-hydrogen) atoms. The van der Waals surface area contributed by atoms with E-state index in [2.05, 4.69) is 4.90 Å². The molecule has 0 spiro atoms. The Hall–Kier alpha value is -0.120. The molecule has 1 fully saturated rings. The van der Waals surface area contributed by atoms with E-state index in [9.17, 15) is 0 Å². The van der Waals surface area contributed by atoms with E-state index in [1.165, 1.54) is 19.5 Å². The van der Waals surface area contributed by atoms with Crippen LogP contribution in [0.2, 0.25) is 0 Å². The quantitative estimate of drug-likeness (QED) is 0.626. The molecule has 1 heterocycles. The Balaban J connectivity index is 1.98. The van der Waals surface area contributed by atoms with Crippen LogP contribution < -0.4 is 0 Å². The Morgan fingerprint density at radius 1 is 1.50 bits per heavy atom. The maximum absolute atomic E-state index is 8.82. The van der Waals surface area contributed by atoms with Gasteiger partial charge in [0.2, 0.25) is 0 Å². The summed E-state index contributed by atoms with van der Waals surface area (Å²) < 4.78 is 5.30. The summed E-state index contributed by atoms with van der Waals surface area (Å²) in [5, 5.41) is 8.82. The molecule has 0 amide bonds. The zero-order valence-electron chi connectivity index (χ0n) is 9.24. The first kappa shape index (κ1) is 12.0. The van der Waals surface area contributed by atoms with Crippen molar-refractivity contribution in [1.82, 2.24) is 4.90 Å². The summed E-state index contributed by atoms with van der Waals surface area (Å²) in [5.41, 5.74) is 0. The first-order chi connectivity index (χ1) is 6.86. The predicted octanol–water partition coefficient (Wildman–Crippen LogP) is 1.12. The van der Waals surface area contributed by atoms with Gasteiger partial charge in [-0.2, -0.15) is 0 Å². The van der Waals surface area contributed by atoms with Gasteiger partial charge in [-0.3, -0.25) is 0 Å². The Labute approximate surface area is 87.1 Å². The van der Waals surface area contributed by atoms with E-state index in [-0.39, 0.29) is 0 Å². The number of ether oxygens (including phenoxy) is 1. The summed E-state index contributed by atoms with van der Waals surface area (Å²) in [4.78, 5) is 2.49. The minimum absolute atomic E-state index is 0.345. The van der Waals surface area contributed by atoms with E-state index in [0.29, 0.717) is 6.61 Å². The lowest BCUT2D eigenvalue weighted by Crippen LogP contribution is -2.23. The highest BCUT2D eigenvalue weighted by atomic mass is 16.5. The topological polar surface area (TPSA) is 32.7 Å². The number of rotatable bonds is 7. The molecule has 0 aromatic carbocycles. The monoisotopic (exact) mass is 201 g/mol. The molecule has 1 N–H and O–H groups in total. The van der Waals surface area contributed by atoms with E-state index in [4.69, 9.17) is 9.84 Å². The van der Waals surface area contributed by atoms with Gasteiger partial charge in [0, 0.05) is 32.9 Å². The maximum atomic E-state index is 8.82. The van der Waals surface area contributed by atoms with Gasteiger partial charge in [0.1, 0.15) is 0 Å². The van der Waals surface area contributed by atoms with Gasteiger partial charge >= 0.3 is 0 Å². The number of aliphatic hydroxyl groups excluding tert-OH is 1. The molecule has 1 aliphatic heterocycles. The van der Waals surface area contributed by atoms with Crippen LogP contribution in [-0.2, 0) is 4.74 Å². The standard InChI is InChI=1S/C11H23NO2/c1-2-14-9-3-6-12-7-4-11(10-12)5-8-13/h11,13H,2-10H2,1H3. The number of hydrogen-bond donors (Lipinski definition) is 1. The second kappa shape index (κ2) is 7.21. The highest BCUT2D eigenvalue weighted by Gasteiger charge is 2.20. The lowest BCUT2D eigenvalue weighted by molar-refractivity contribution is 0.134. The van der Waals surface area contributed by atoms with Gasteiger partial charge in [0.05, 0.1) is 0 Å². The van der Waals surface area contributed by atoms with Crippen molar-refractivity contribution in [2.75, 3.05) is 39.5 Å². The smallest absolute Gasteiger partial charge is 0.0478 e. The zero-order valence-corrected chi connectivity index (χ0v) is 9.24. The van der Waals surface area contributed by atoms with Gasteiger partial charge < -0.3 is 14.7 Å². The van der Waals surface area contributed by atoms with Crippen LogP contribution in [0.3, 0.4) is 0 Å². The highest BCUT2D eigenvalue weighted by Crippen LogP contribution is 2.18. The summed E-state index contributed by atoms with van der Waals surface area (Å²) in [7, 11) is 0. The Morgan fingerprint density at radius 2 is 2.36 bits per heavy atom. The molecule has 1 atom stereocenters. The predicted molar refractivity (Wildman–Crippen MR) is 57.4 cm³/mol. The first-order valence-corrected chi connectivity index (χ1v) is 5.77. The van der Waals surface area contributed by atoms with Crippen LogP contribution in [0.15, 0.2) is 0 Å². The minimum Gasteiger partial charge on any atom is -0.396 e. The maximum Gasteiger partial charge on any atom is 0.0478 e. The molecular formula is C11H23NO2. The average molecular weight is 201 g/mol. The number of hydrogen-bond acceptors (Lipinski definition) is 3. The number of aliphatic hydroxyl groups is 1. The van der Waals surface area contributed by atoms with Crippen LogP contribution in [0, 0.1) is 5.92 Å². The fourth-order valence-corrected chi connectivity index (χ4v) is 2.07. The van der Waals surface area contributed by atoms with E-state index < -0.39 is 0 Å². The van der Waals surface area contributed by atoms with Gasteiger partial charge in [-0.05, 0) is 38.6 Å². The van der Waals surface area contributed by atoms with E-state index in [0.717, 1.165) is 38.5 Å². The Kier molecular flexibility index (Phi) is 6.15. The number of nitrogens with zero attached hydrogens (tertiary/aromatic N) is 1. The van der Waals surface area contributed by atoms with Crippen LogP contribution in [0.4, 0.5) is 0 Å². The summed E-state index contributed by atoms with van der Waals surface area (Å²) in [6, 6.07) is 0. The fourth-order valence-electron chi connectivity index (χ4n) is 2.07. The van der Waals surface area contributed by atoms with Crippen molar-refractivity contribution in [2.45, 2.75) is 26.2 Å². The molecule has 0 aliphatic carbocycles. The molecule has 0 aromatic heterocycles. The van der Waals surface area contributed by atoms with Gasteiger partial charge in [-0.1, -0.05) is 0 Å². The van der Waals surface area contributed by atoms with Crippen molar-refractivity contribution in [1.29, 1.82) is 0 Å². The third-order valence-electron chi connectivity index (χ3n) is 2.87. The molecule has 1 aliphatic rings. The Morgan fingerprint density at radius 3 is 3.07 bits per heavy atom. The lowest BCUT2D eigenvalue weighted by atomic mass is 10.1. The molecule has 3 nitrogen and oxygen atoms in total. The Bertz CT molecular complexity index is 141. The zero-order chi connectivity index (χ0) is 10.2. The van der Waals surface area contributed by atoms with E-state index in [1.807, 2.05) is 6.92 Å². The van der Waals surface area contributed by atoms with Gasteiger partial charge in [-0.25, -0.2) is 0 Å². The number of likely N-dealkylation sites (tertiary alicyclic amines) is 1. The largest absolute Gasteiger partial charge is 0.396 e. The van der Waals surface area contributed by atoms with Crippen molar-refractivity contribution in [3.8, 4) is 0 Å². The van der Waals surface area contributed by atoms with Gasteiger partial charge in [0.15, 0.2) is 0 Å². The van der Waals surface area contributed by atoms with E-state index >= 15 is 0 Å². The van der Waals surface area contributed by atoms with Crippen molar-refractivity contribution in [3.05, 3.63) is 0 Å². The second-order valence-electron chi connectivity index (χ2n) is 4.02. The molecule has 1 rings (SSSR count). The first-order valence-electron chi connectivity index (χ1n) is 5.77. The highest BCUT2D eigenvalue weighted by molar-refractivity contribution is 4.74. The van der Waals surface area contributed by atoms with Crippen molar-refractivity contribution in [2.24, 2.45) is 5.92 Å². The summed E-state index contributed by atoms with van der Waals surface area (Å²) in [5.74, 6) is 0.729. The molecule has 3 heteroatoms. The lowest BCUT2D eigenvalue weighted by Gasteiger charge is -2.15. The summed E-state index contributed by atoms with van der Waals surface area (Å²) in [6.07, 6.45) is 3.37. The molecule has 0 aromatic rings. The second-order valence-corrected chi connectivity index (χ2v) is 4.02. The SMILES string of the molecule is CCOCCCN1CCC(CCO)C1. The summed E-state index contributed by atoms with van der Waals surface area (Å²) >= 11 is 0. The van der Waals surface area contributed by atoms with Crippen molar-refractivity contribution in [3.63, 3.8) is 0 Å². The van der Waals surface area contributed by atoms with E-state index in [1.54, 1.807) is 0 Å². The third kappa shape index (κ3) is 4.40. The molecule has 0 radical (unpaired) electrons. The van der Waals surface area contributed by atoms with Crippen molar-refractivity contribution >= 4 is 0 Å². The summed E-state index contributed by atoms with van der Waals surface area (Å²) in [6.45, 7) is 7.63. The average Bonchev–Trinajstić information content (AvgIpc) is 2.61. The third-order valence-corrected chi connectivity index (χ3v) is 2.87. The molecular weight excluding hydrogens is 178 g/mol. The van der Waals surface area contributed by atoms with Gasteiger partial charge in [-0.15, -0.1) is 0 Å².